The second-order valence-electron chi connectivity index (χ2n) is 8.41. The molecule has 30 heavy (non-hydrogen) atoms. The molecule has 4 rings (SSSR count). The summed E-state index contributed by atoms with van der Waals surface area (Å²) in [5, 5.41) is 17.0. The maximum Gasteiger partial charge on any atom is 0.252 e. The zero-order valence-electron chi connectivity index (χ0n) is 16.9. The molecule has 3 N–H and O–H groups in total. The fourth-order valence-electron chi connectivity index (χ4n) is 3.68. The van der Waals surface area contributed by atoms with E-state index >= 15 is 0 Å². The highest BCUT2D eigenvalue weighted by molar-refractivity contribution is 9.10. The van der Waals surface area contributed by atoms with Gasteiger partial charge in [0.1, 0.15) is 11.6 Å². The van der Waals surface area contributed by atoms with Crippen molar-refractivity contribution in [1.82, 2.24) is 15.6 Å². The molecule has 0 aliphatic heterocycles. The number of benzene rings is 2. The Bertz CT molecular complexity index is 1190. The molecule has 7 heteroatoms. The van der Waals surface area contributed by atoms with Crippen LogP contribution in [-0.2, 0) is 4.79 Å². The van der Waals surface area contributed by atoms with Crippen molar-refractivity contribution >= 4 is 49.6 Å². The average molecular weight is 467 g/mol. The Labute approximate surface area is 183 Å². The Morgan fingerprint density at radius 3 is 2.47 bits per heavy atom. The Balaban J connectivity index is 1.57. The van der Waals surface area contributed by atoms with Gasteiger partial charge in [0.15, 0.2) is 0 Å². The van der Waals surface area contributed by atoms with E-state index in [1.165, 1.54) is 0 Å². The van der Waals surface area contributed by atoms with Gasteiger partial charge in [0.2, 0.25) is 5.91 Å². The first-order valence-electron chi connectivity index (χ1n) is 10.1. The number of carbonyl (C=O) groups excluding carboxylic acids is 2. The molecule has 0 unspecified atom stereocenters. The topological polar surface area (TPSA) is 97.8 Å². The number of halogens is 1. The van der Waals surface area contributed by atoms with E-state index < -0.39 is 11.6 Å². The lowest BCUT2D eigenvalue weighted by Crippen LogP contribution is -2.50. The van der Waals surface area contributed by atoms with Crippen LogP contribution >= 0.6 is 15.9 Å². The summed E-state index contributed by atoms with van der Waals surface area (Å²) in [4.78, 5) is 29.0. The number of amides is 2. The molecule has 0 bridgehead atoms. The smallest absolute Gasteiger partial charge is 0.252 e. The summed E-state index contributed by atoms with van der Waals surface area (Å²) in [7, 11) is 0. The number of rotatable bonds is 6. The van der Waals surface area contributed by atoms with Crippen molar-refractivity contribution < 1.29 is 9.59 Å². The van der Waals surface area contributed by atoms with Gasteiger partial charge in [-0.25, -0.2) is 0 Å². The molecule has 0 saturated heterocycles. The average Bonchev–Trinajstić information content (AvgIpc) is 3.38. The number of fused-ring (bicyclic) bond motifs is 3. The Hall–Kier alpha value is -2.85. The van der Waals surface area contributed by atoms with Crippen LogP contribution in [-0.4, -0.2) is 28.4 Å². The Morgan fingerprint density at radius 2 is 1.83 bits per heavy atom. The highest BCUT2D eigenvalue weighted by Gasteiger charge is 2.45. The van der Waals surface area contributed by atoms with Crippen LogP contribution in [0.2, 0.25) is 0 Å². The van der Waals surface area contributed by atoms with Crippen molar-refractivity contribution in [2.75, 3.05) is 0 Å². The molecule has 2 amide bonds. The predicted octanol–water partition coefficient (Wildman–Crippen LogP) is 4.40. The van der Waals surface area contributed by atoms with Crippen LogP contribution in [0.25, 0.3) is 21.8 Å². The van der Waals surface area contributed by atoms with E-state index in [0.29, 0.717) is 24.8 Å². The minimum absolute atomic E-state index is 0.216. The molecule has 0 radical (unpaired) electrons. The van der Waals surface area contributed by atoms with Crippen LogP contribution in [0.5, 0.6) is 0 Å². The second kappa shape index (κ2) is 7.77. The molecule has 154 valence electrons. The third-order valence-electron chi connectivity index (χ3n) is 5.48. The number of hydrogen-bond donors (Lipinski definition) is 3. The van der Waals surface area contributed by atoms with Crippen LogP contribution in [0.4, 0.5) is 0 Å². The van der Waals surface area contributed by atoms with Gasteiger partial charge in [-0.1, -0.05) is 41.9 Å². The van der Waals surface area contributed by atoms with Gasteiger partial charge >= 0.3 is 0 Å². The van der Waals surface area contributed by atoms with Gasteiger partial charge in [0.05, 0.1) is 6.07 Å². The minimum Gasteiger partial charge on any atom is -0.354 e. The summed E-state index contributed by atoms with van der Waals surface area (Å²) in [6.07, 6.45) is 1.82. The van der Waals surface area contributed by atoms with Crippen molar-refractivity contribution in [2.24, 2.45) is 5.92 Å². The molecular formula is C23H23BrN4O2. The van der Waals surface area contributed by atoms with Gasteiger partial charge in [-0.3, -0.25) is 9.59 Å². The molecule has 1 atom stereocenters. The normalized spacial score (nSPS) is 15.7. The van der Waals surface area contributed by atoms with Gasteiger partial charge < -0.3 is 15.6 Å². The molecule has 1 aliphatic carbocycles. The number of nitriles is 1. The summed E-state index contributed by atoms with van der Waals surface area (Å²) in [5.41, 5.74) is 1.58. The number of nitrogens with zero attached hydrogens (tertiary/aromatic N) is 1. The number of hydrogen-bond acceptors (Lipinski definition) is 3. The number of H-pyrrole nitrogens is 1. The van der Waals surface area contributed by atoms with Crippen molar-refractivity contribution in [3.8, 4) is 6.07 Å². The molecule has 1 heterocycles. The van der Waals surface area contributed by atoms with E-state index in [0.717, 1.165) is 26.3 Å². The van der Waals surface area contributed by atoms with Crippen LogP contribution in [0.1, 0.15) is 43.5 Å². The molecule has 1 saturated carbocycles. The maximum atomic E-state index is 12.9. The third-order valence-corrected chi connectivity index (χ3v) is 5.97. The maximum absolute atomic E-state index is 12.9. The van der Waals surface area contributed by atoms with Crippen LogP contribution < -0.4 is 10.6 Å². The number of carbonyl (C=O) groups is 2. The van der Waals surface area contributed by atoms with E-state index in [1.807, 2.05) is 38.1 Å². The first-order chi connectivity index (χ1) is 14.3. The third kappa shape index (κ3) is 4.05. The molecule has 3 aromatic rings. The largest absolute Gasteiger partial charge is 0.354 e. The van der Waals surface area contributed by atoms with Gasteiger partial charge in [0.25, 0.3) is 5.91 Å². The Morgan fingerprint density at radius 1 is 1.17 bits per heavy atom. The van der Waals surface area contributed by atoms with E-state index in [9.17, 15) is 14.9 Å². The van der Waals surface area contributed by atoms with E-state index in [4.69, 9.17) is 0 Å². The zero-order chi connectivity index (χ0) is 21.5. The van der Waals surface area contributed by atoms with Crippen molar-refractivity contribution in [2.45, 2.75) is 44.7 Å². The summed E-state index contributed by atoms with van der Waals surface area (Å²) >= 11 is 3.48. The molecule has 1 aliphatic rings. The molecular weight excluding hydrogens is 444 g/mol. The molecule has 6 nitrogen and oxygen atoms in total. The van der Waals surface area contributed by atoms with Crippen LogP contribution in [0.3, 0.4) is 0 Å². The summed E-state index contributed by atoms with van der Waals surface area (Å²) in [6, 6.07) is 13.0. The fraction of sp³-hybridized carbons (Fsp3) is 0.348. The second-order valence-corrected chi connectivity index (χ2v) is 9.33. The standard InChI is InChI=1S/C23H23BrN4O2/c1-13(2)9-20(22(30)28-23(12-25)7-8-23)27-21(29)14-3-5-16-17-6-4-15(24)11-19(17)26-18(16)10-14/h3-6,10-11,13,20,26H,7-9H2,1-2H3,(H,27,29)(H,28,30)/t20-/m0/s1. The van der Waals surface area contributed by atoms with Crippen molar-refractivity contribution in [3.05, 3.63) is 46.4 Å². The molecule has 1 fully saturated rings. The fourth-order valence-corrected chi connectivity index (χ4v) is 4.04. The van der Waals surface area contributed by atoms with E-state index in [2.05, 4.69) is 37.6 Å². The summed E-state index contributed by atoms with van der Waals surface area (Å²) in [5.74, 6) is -0.389. The van der Waals surface area contributed by atoms with Crippen molar-refractivity contribution in [1.29, 1.82) is 5.26 Å². The highest BCUT2D eigenvalue weighted by Crippen LogP contribution is 2.34. The minimum atomic E-state index is -0.755. The SMILES string of the molecule is CC(C)C[C@H](NC(=O)c1ccc2c(c1)[nH]c1cc(Br)ccc12)C(=O)NC1(C#N)CC1. The first kappa shape index (κ1) is 20.4. The quantitative estimate of drug-likeness (QED) is 0.501. The van der Waals surface area contributed by atoms with E-state index in [-0.39, 0.29) is 17.7 Å². The highest BCUT2D eigenvalue weighted by atomic mass is 79.9. The number of aromatic nitrogens is 1. The zero-order valence-corrected chi connectivity index (χ0v) is 18.5. The molecule has 0 spiro atoms. The van der Waals surface area contributed by atoms with Gasteiger partial charge in [0, 0.05) is 31.8 Å². The van der Waals surface area contributed by atoms with Gasteiger partial charge in [-0.2, -0.15) is 5.26 Å². The first-order valence-corrected chi connectivity index (χ1v) is 10.8. The van der Waals surface area contributed by atoms with E-state index in [1.54, 1.807) is 12.1 Å². The van der Waals surface area contributed by atoms with Gasteiger partial charge in [-0.05, 0) is 49.4 Å². The lowest BCUT2D eigenvalue weighted by Gasteiger charge is -2.21. The number of aromatic amines is 1. The van der Waals surface area contributed by atoms with Crippen molar-refractivity contribution in [3.63, 3.8) is 0 Å². The molecule has 2 aromatic carbocycles. The lowest BCUT2D eigenvalue weighted by molar-refractivity contribution is -0.123. The monoisotopic (exact) mass is 466 g/mol. The lowest BCUT2D eigenvalue weighted by atomic mass is 10.0. The summed E-state index contributed by atoms with van der Waals surface area (Å²) in [6.45, 7) is 4.00. The predicted molar refractivity (Wildman–Crippen MR) is 120 cm³/mol. The Kier molecular flexibility index (Phi) is 5.29. The van der Waals surface area contributed by atoms with Gasteiger partial charge in [-0.15, -0.1) is 0 Å². The number of nitrogens with one attached hydrogen (secondary N) is 3. The van der Waals surface area contributed by atoms with Crippen LogP contribution in [0.15, 0.2) is 40.9 Å². The molecule has 1 aromatic heterocycles. The van der Waals surface area contributed by atoms with Crippen LogP contribution in [0, 0.1) is 17.2 Å². The summed E-state index contributed by atoms with van der Waals surface area (Å²) < 4.78 is 0.980.